The highest BCUT2D eigenvalue weighted by Crippen LogP contribution is 2.27. The molecule has 0 bridgehead atoms. The van der Waals surface area contributed by atoms with Crippen molar-refractivity contribution >= 4 is 28.9 Å². The molecular formula is C25H27FN8O. The summed E-state index contributed by atoms with van der Waals surface area (Å²) in [7, 11) is 0. The second-order valence-corrected chi connectivity index (χ2v) is 9.03. The molecule has 0 saturated carbocycles. The van der Waals surface area contributed by atoms with Crippen LogP contribution in [0.1, 0.15) is 38.7 Å². The van der Waals surface area contributed by atoms with E-state index in [-0.39, 0.29) is 29.5 Å². The monoisotopic (exact) mass is 474 g/mol. The van der Waals surface area contributed by atoms with Gasteiger partial charge in [0.2, 0.25) is 11.9 Å². The van der Waals surface area contributed by atoms with E-state index in [4.69, 9.17) is 0 Å². The SMILES string of the molecule is CC1CN(c2ccc(Nc3ncc(F)c(-c4ccn5ncc(C(C)C)c5c4)n3)nc2)C(=O)CCN1. The van der Waals surface area contributed by atoms with Gasteiger partial charge in [-0.05, 0) is 37.1 Å². The Bertz CT molecular complexity index is 1370. The Balaban J connectivity index is 1.39. The van der Waals surface area contributed by atoms with Gasteiger partial charge in [0.05, 0.1) is 29.8 Å². The molecule has 5 heterocycles. The van der Waals surface area contributed by atoms with Crippen molar-refractivity contribution in [3.05, 3.63) is 60.4 Å². The van der Waals surface area contributed by atoms with Crippen LogP contribution in [0, 0.1) is 5.82 Å². The predicted octanol–water partition coefficient (Wildman–Crippen LogP) is 3.91. The van der Waals surface area contributed by atoms with Crippen LogP contribution < -0.4 is 15.5 Å². The van der Waals surface area contributed by atoms with Crippen molar-refractivity contribution < 1.29 is 9.18 Å². The summed E-state index contributed by atoms with van der Waals surface area (Å²) >= 11 is 0. The second kappa shape index (κ2) is 9.38. The van der Waals surface area contributed by atoms with Gasteiger partial charge >= 0.3 is 0 Å². The van der Waals surface area contributed by atoms with Crippen molar-refractivity contribution in [3.63, 3.8) is 0 Å². The van der Waals surface area contributed by atoms with E-state index in [0.717, 1.165) is 23.0 Å². The van der Waals surface area contributed by atoms with Crippen molar-refractivity contribution in [1.29, 1.82) is 0 Å². The number of aromatic nitrogens is 5. The molecule has 180 valence electrons. The number of anilines is 3. The standard InChI is InChI=1S/C25H27FN8O/c1-15(2)19-12-30-34-9-7-17(10-21(19)34)24-20(26)13-29-25(32-24)31-22-5-4-18(11-28-22)33-14-16(3)27-8-6-23(33)35/h4-5,7,9-13,15-16,27H,6,8,14H2,1-3H3,(H,28,29,31,32). The number of rotatable bonds is 5. The van der Waals surface area contributed by atoms with Crippen LogP contribution >= 0.6 is 0 Å². The fourth-order valence-electron chi connectivity index (χ4n) is 4.21. The Morgan fingerprint density at radius 1 is 1.17 bits per heavy atom. The highest BCUT2D eigenvalue weighted by atomic mass is 19.1. The minimum Gasteiger partial charge on any atom is -0.312 e. The molecule has 0 aromatic carbocycles. The summed E-state index contributed by atoms with van der Waals surface area (Å²) in [6.07, 6.45) is 6.86. The maximum atomic E-state index is 14.7. The van der Waals surface area contributed by atoms with Gasteiger partial charge in [-0.1, -0.05) is 13.8 Å². The van der Waals surface area contributed by atoms with Crippen LogP contribution in [0.2, 0.25) is 0 Å². The van der Waals surface area contributed by atoms with E-state index in [0.29, 0.717) is 30.9 Å². The summed E-state index contributed by atoms with van der Waals surface area (Å²) in [4.78, 5) is 27.1. The largest absolute Gasteiger partial charge is 0.312 e. The number of carbonyl (C=O) groups excluding carboxylic acids is 1. The van der Waals surface area contributed by atoms with E-state index in [1.807, 2.05) is 25.3 Å². The number of hydrogen-bond donors (Lipinski definition) is 2. The van der Waals surface area contributed by atoms with Crippen LogP contribution in [-0.4, -0.2) is 49.6 Å². The summed E-state index contributed by atoms with van der Waals surface area (Å²) in [5, 5.41) is 10.7. The fourth-order valence-corrected chi connectivity index (χ4v) is 4.21. The van der Waals surface area contributed by atoms with Crippen LogP contribution in [0.25, 0.3) is 16.8 Å². The topological polar surface area (TPSA) is 100 Å². The van der Waals surface area contributed by atoms with E-state index in [9.17, 15) is 9.18 Å². The van der Waals surface area contributed by atoms with Crippen LogP contribution in [0.15, 0.2) is 49.1 Å². The van der Waals surface area contributed by atoms with Crippen LogP contribution in [0.5, 0.6) is 0 Å². The van der Waals surface area contributed by atoms with E-state index in [2.05, 4.69) is 44.5 Å². The number of hydrogen-bond acceptors (Lipinski definition) is 7. The molecule has 35 heavy (non-hydrogen) atoms. The minimum absolute atomic E-state index is 0.0617. The van der Waals surface area contributed by atoms with Crippen molar-refractivity contribution in [2.24, 2.45) is 0 Å². The molecule has 5 rings (SSSR count). The molecular weight excluding hydrogens is 447 g/mol. The van der Waals surface area contributed by atoms with E-state index >= 15 is 0 Å². The molecule has 1 atom stereocenters. The second-order valence-electron chi connectivity index (χ2n) is 9.03. The lowest BCUT2D eigenvalue weighted by atomic mass is 10.0. The number of amides is 1. The van der Waals surface area contributed by atoms with Gasteiger partial charge in [0.1, 0.15) is 11.5 Å². The smallest absolute Gasteiger partial charge is 0.229 e. The quantitative estimate of drug-likeness (QED) is 0.452. The van der Waals surface area contributed by atoms with Crippen molar-refractivity contribution in [3.8, 4) is 11.3 Å². The zero-order valence-corrected chi connectivity index (χ0v) is 19.9. The Labute approximate surface area is 202 Å². The van der Waals surface area contributed by atoms with Gasteiger partial charge in [-0.3, -0.25) is 4.79 Å². The normalized spacial score (nSPS) is 16.7. The first-order chi connectivity index (χ1) is 16.9. The van der Waals surface area contributed by atoms with Crippen LogP contribution in [-0.2, 0) is 4.79 Å². The Morgan fingerprint density at radius 3 is 2.80 bits per heavy atom. The third-order valence-electron chi connectivity index (χ3n) is 6.08. The molecule has 10 heteroatoms. The average Bonchev–Trinajstić information content (AvgIpc) is 3.20. The van der Waals surface area contributed by atoms with Gasteiger partial charge in [0.15, 0.2) is 5.82 Å². The molecule has 9 nitrogen and oxygen atoms in total. The highest BCUT2D eigenvalue weighted by molar-refractivity contribution is 5.93. The Hall–Kier alpha value is -3.92. The lowest BCUT2D eigenvalue weighted by Gasteiger charge is -2.22. The number of fused-ring (bicyclic) bond motifs is 1. The van der Waals surface area contributed by atoms with Crippen LogP contribution in [0.3, 0.4) is 0 Å². The lowest BCUT2D eigenvalue weighted by Crippen LogP contribution is -2.37. The molecule has 0 aliphatic carbocycles. The van der Waals surface area contributed by atoms with Crippen LogP contribution in [0.4, 0.5) is 21.8 Å². The molecule has 1 amide bonds. The van der Waals surface area contributed by atoms with Gasteiger partial charge in [-0.25, -0.2) is 23.9 Å². The fraction of sp³-hybridized carbons (Fsp3) is 0.320. The molecule has 0 spiro atoms. The molecule has 2 N–H and O–H groups in total. The minimum atomic E-state index is -0.517. The lowest BCUT2D eigenvalue weighted by molar-refractivity contribution is -0.118. The van der Waals surface area contributed by atoms with E-state index < -0.39 is 5.82 Å². The van der Waals surface area contributed by atoms with Crippen molar-refractivity contribution in [1.82, 2.24) is 29.9 Å². The van der Waals surface area contributed by atoms with E-state index in [1.54, 1.807) is 33.9 Å². The number of nitrogens with one attached hydrogen (secondary N) is 2. The summed E-state index contributed by atoms with van der Waals surface area (Å²) < 4.78 is 16.5. The summed E-state index contributed by atoms with van der Waals surface area (Å²) in [5.74, 6) is 0.548. The van der Waals surface area contributed by atoms with Crippen molar-refractivity contribution in [2.45, 2.75) is 39.2 Å². The third kappa shape index (κ3) is 4.69. The maximum absolute atomic E-state index is 14.7. The molecule has 0 radical (unpaired) electrons. The first kappa shape index (κ1) is 22.9. The summed E-state index contributed by atoms with van der Waals surface area (Å²) in [6, 6.07) is 7.45. The number of nitrogens with zero attached hydrogens (tertiary/aromatic N) is 6. The molecule has 1 unspecified atom stereocenters. The summed E-state index contributed by atoms with van der Waals surface area (Å²) in [5.41, 5.74) is 3.54. The molecule has 4 aromatic heterocycles. The molecule has 1 fully saturated rings. The van der Waals surface area contributed by atoms with Gasteiger partial charge in [0, 0.05) is 42.9 Å². The predicted molar refractivity (Wildman–Crippen MR) is 132 cm³/mol. The van der Waals surface area contributed by atoms with Gasteiger partial charge in [-0.2, -0.15) is 5.10 Å². The van der Waals surface area contributed by atoms with E-state index in [1.165, 1.54) is 0 Å². The van der Waals surface area contributed by atoms with Gasteiger partial charge in [-0.15, -0.1) is 0 Å². The first-order valence-electron chi connectivity index (χ1n) is 11.7. The zero-order chi connectivity index (χ0) is 24.5. The molecule has 1 saturated heterocycles. The Kier molecular flexibility index (Phi) is 6.12. The molecule has 4 aromatic rings. The molecule has 1 aliphatic heterocycles. The maximum Gasteiger partial charge on any atom is 0.229 e. The first-order valence-corrected chi connectivity index (χ1v) is 11.7. The Morgan fingerprint density at radius 2 is 2.03 bits per heavy atom. The number of carbonyl (C=O) groups is 1. The third-order valence-corrected chi connectivity index (χ3v) is 6.08. The zero-order valence-electron chi connectivity index (χ0n) is 19.9. The van der Waals surface area contributed by atoms with Gasteiger partial charge in [0.25, 0.3) is 0 Å². The highest BCUT2D eigenvalue weighted by Gasteiger charge is 2.22. The number of halogens is 1. The summed E-state index contributed by atoms with van der Waals surface area (Å²) in [6.45, 7) is 7.48. The van der Waals surface area contributed by atoms with Crippen molar-refractivity contribution in [2.75, 3.05) is 23.3 Å². The molecule has 1 aliphatic rings. The number of pyridine rings is 2. The average molecular weight is 475 g/mol. The van der Waals surface area contributed by atoms with Gasteiger partial charge < -0.3 is 15.5 Å².